The molecule has 0 radical (unpaired) electrons. The lowest BCUT2D eigenvalue weighted by molar-refractivity contribution is -0.274. The molecule has 2 aliphatic rings. The summed E-state index contributed by atoms with van der Waals surface area (Å²) in [7, 11) is 0. The molecule has 1 aliphatic carbocycles. The van der Waals surface area contributed by atoms with Gasteiger partial charge in [0.15, 0.2) is 0 Å². The molecule has 4 atom stereocenters. The van der Waals surface area contributed by atoms with Gasteiger partial charge in [-0.1, -0.05) is 24.3 Å². The molecule has 1 aliphatic heterocycles. The number of halogens is 3. The van der Waals surface area contributed by atoms with E-state index in [1.165, 1.54) is 24.3 Å². The van der Waals surface area contributed by atoms with E-state index in [2.05, 4.69) is 15.0 Å². The van der Waals surface area contributed by atoms with Crippen molar-refractivity contribution >= 4 is 5.91 Å². The van der Waals surface area contributed by atoms with Crippen molar-refractivity contribution in [3.05, 3.63) is 78.1 Å². The van der Waals surface area contributed by atoms with Crippen LogP contribution in [0.1, 0.15) is 28.8 Å². The molecule has 0 bridgehead atoms. The number of hydrogen-bond acceptors (Lipinski definition) is 8. The van der Waals surface area contributed by atoms with Gasteiger partial charge in [0.25, 0.3) is 5.91 Å². The molecule has 1 saturated carbocycles. The minimum Gasteiger partial charge on any atom is -0.492 e. The standard InChI is InChI=1S/C30H32F3N3O6/c31-30(32,33)42-23-6-3-19(4-7-23)15-36-16-22(37)14-35-28(40)24-8-5-20(21-2-1-9-34-13-21)10-27(24)41-18-29(17-36)11-25(38)26(39)12-29/h1-10,13,22,25-26,37-39H,11-12,14-18H2,(H,35,40)/t22-,25-,26+,29?/m0/s1. The van der Waals surface area contributed by atoms with Crippen LogP contribution in [0.3, 0.4) is 0 Å². The molecule has 2 aromatic carbocycles. The summed E-state index contributed by atoms with van der Waals surface area (Å²) in [5.74, 6) is -0.473. The van der Waals surface area contributed by atoms with Gasteiger partial charge in [-0.3, -0.25) is 14.7 Å². The minimum atomic E-state index is -4.80. The van der Waals surface area contributed by atoms with Crippen LogP contribution in [0.15, 0.2) is 67.0 Å². The van der Waals surface area contributed by atoms with Gasteiger partial charge in [-0.05, 0) is 54.3 Å². The number of rotatable bonds is 4. The van der Waals surface area contributed by atoms with E-state index >= 15 is 0 Å². The summed E-state index contributed by atoms with van der Waals surface area (Å²) in [6.45, 7) is 0.651. The highest BCUT2D eigenvalue weighted by molar-refractivity contribution is 5.97. The van der Waals surface area contributed by atoms with E-state index in [0.29, 0.717) is 17.9 Å². The highest BCUT2D eigenvalue weighted by Gasteiger charge is 2.46. The van der Waals surface area contributed by atoms with Gasteiger partial charge in [-0.2, -0.15) is 0 Å². The Morgan fingerprint density at radius 1 is 1.05 bits per heavy atom. The van der Waals surface area contributed by atoms with Crippen molar-refractivity contribution in [1.82, 2.24) is 15.2 Å². The third kappa shape index (κ3) is 7.37. The Kier molecular flexibility index (Phi) is 8.69. The average Bonchev–Trinajstić information content (AvgIpc) is 3.23. The Morgan fingerprint density at radius 2 is 1.79 bits per heavy atom. The zero-order chi connectivity index (χ0) is 29.9. The summed E-state index contributed by atoms with van der Waals surface area (Å²) in [6.07, 6.45) is -3.99. The fourth-order valence-corrected chi connectivity index (χ4v) is 5.69. The molecule has 3 aromatic rings. The maximum absolute atomic E-state index is 13.1. The molecule has 1 aromatic heterocycles. The summed E-state index contributed by atoms with van der Waals surface area (Å²) in [4.78, 5) is 19.2. The highest BCUT2D eigenvalue weighted by atomic mass is 19.4. The predicted molar refractivity (Wildman–Crippen MR) is 146 cm³/mol. The molecule has 9 nitrogen and oxygen atoms in total. The van der Waals surface area contributed by atoms with E-state index in [-0.39, 0.29) is 50.4 Å². The quantitative estimate of drug-likeness (QED) is 0.367. The maximum Gasteiger partial charge on any atom is 0.573 e. The SMILES string of the molecule is O=C1NC[C@H](O)CN(Cc2ccc(OC(F)(F)F)cc2)CC2(COc3cc(-c4cccnc4)ccc31)C[C@@H](O)[C@@H](O)C2. The molecular formula is C30H32F3N3O6. The summed E-state index contributed by atoms with van der Waals surface area (Å²) in [6, 6.07) is 14.3. The van der Waals surface area contributed by atoms with Gasteiger partial charge < -0.3 is 30.1 Å². The van der Waals surface area contributed by atoms with Crippen LogP contribution in [-0.4, -0.2) is 82.0 Å². The minimum absolute atomic E-state index is 0.0584. The zero-order valence-electron chi connectivity index (χ0n) is 22.6. The monoisotopic (exact) mass is 587 g/mol. The number of hydrogen-bond donors (Lipinski definition) is 4. The first-order chi connectivity index (χ1) is 20.0. The Morgan fingerprint density at radius 3 is 2.45 bits per heavy atom. The first kappa shape index (κ1) is 29.8. The van der Waals surface area contributed by atoms with Crippen LogP contribution in [0.25, 0.3) is 11.1 Å². The second-order valence-electron chi connectivity index (χ2n) is 11.0. The summed E-state index contributed by atoms with van der Waals surface area (Å²) in [5, 5.41) is 34.7. The Balaban J connectivity index is 1.44. The molecule has 224 valence electrons. The molecule has 1 fully saturated rings. The fraction of sp³-hybridized carbons (Fsp3) is 0.400. The number of aliphatic hydroxyl groups excluding tert-OH is 3. The lowest BCUT2D eigenvalue weighted by Gasteiger charge is -2.37. The molecule has 42 heavy (non-hydrogen) atoms. The third-order valence-electron chi connectivity index (χ3n) is 7.57. The van der Waals surface area contributed by atoms with E-state index in [1.807, 2.05) is 11.0 Å². The van der Waals surface area contributed by atoms with Gasteiger partial charge in [-0.25, -0.2) is 0 Å². The Bertz CT molecular complexity index is 1360. The Hall–Kier alpha value is -3.71. The molecule has 12 heteroatoms. The van der Waals surface area contributed by atoms with Crippen LogP contribution in [-0.2, 0) is 6.54 Å². The van der Waals surface area contributed by atoms with Crippen molar-refractivity contribution in [3.8, 4) is 22.6 Å². The van der Waals surface area contributed by atoms with Gasteiger partial charge >= 0.3 is 6.36 Å². The van der Waals surface area contributed by atoms with Gasteiger partial charge in [0.05, 0.1) is 30.5 Å². The van der Waals surface area contributed by atoms with Crippen LogP contribution < -0.4 is 14.8 Å². The summed E-state index contributed by atoms with van der Waals surface area (Å²) >= 11 is 0. The number of aromatic nitrogens is 1. The van der Waals surface area contributed by atoms with Crippen molar-refractivity contribution in [2.45, 2.75) is 44.1 Å². The largest absolute Gasteiger partial charge is 0.573 e. The van der Waals surface area contributed by atoms with Gasteiger partial charge in [0, 0.05) is 49.6 Å². The second-order valence-corrected chi connectivity index (χ2v) is 11.0. The van der Waals surface area contributed by atoms with Gasteiger partial charge in [0.2, 0.25) is 0 Å². The summed E-state index contributed by atoms with van der Waals surface area (Å²) < 4.78 is 48.0. The van der Waals surface area contributed by atoms with E-state index in [4.69, 9.17) is 4.74 Å². The second kappa shape index (κ2) is 12.3. The lowest BCUT2D eigenvalue weighted by atomic mass is 9.85. The highest BCUT2D eigenvalue weighted by Crippen LogP contribution is 2.41. The predicted octanol–water partition coefficient (Wildman–Crippen LogP) is 3.13. The van der Waals surface area contributed by atoms with Gasteiger partial charge in [0.1, 0.15) is 11.5 Å². The number of nitrogens with one attached hydrogen (secondary N) is 1. The van der Waals surface area contributed by atoms with Crippen LogP contribution >= 0.6 is 0 Å². The molecule has 1 spiro atoms. The number of ether oxygens (including phenoxy) is 2. The van der Waals surface area contributed by atoms with Crippen LogP contribution in [0, 0.1) is 5.41 Å². The third-order valence-corrected chi connectivity index (χ3v) is 7.57. The van der Waals surface area contributed by atoms with Crippen LogP contribution in [0.5, 0.6) is 11.5 Å². The number of pyridine rings is 1. The van der Waals surface area contributed by atoms with Crippen molar-refractivity contribution < 1.29 is 42.8 Å². The number of benzene rings is 2. The zero-order valence-corrected chi connectivity index (χ0v) is 22.6. The number of carbonyl (C=O) groups is 1. The van der Waals surface area contributed by atoms with Gasteiger partial charge in [-0.15, -0.1) is 13.2 Å². The van der Waals surface area contributed by atoms with E-state index in [9.17, 15) is 33.3 Å². The van der Waals surface area contributed by atoms with E-state index in [1.54, 1.807) is 36.7 Å². The lowest BCUT2D eigenvalue weighted by Crippen LogP contribution is -2.46. The molecule has 0 saturated heterocycles. The smallest absolute Gasteiger partial charge is 0.492 e. The van der Waals surface area contributed by atoms with Crippen molar-refractivity contribution in [2.24, 2.45) is 5.41 Å². The first-order valence-electron chi connectivity index (χ1n) is 13.6. The number of nitrogens with zero attached hydrogens (tertiary/aromatic N) is 2. The number of amides is 1. The number of aliphatic hydroxyl groups is 3. The molecular weight excluding hydrogens is 555 g/mol. The molecule has 2 heterocycles. The number of carbonyl (C=O) groups excluding carboxylic acids is 1. The van der Waals surface area contributed by atoms with E-state index < -0.39 is 36.0 Å². The molecule has 5 rings (SSSR count). The number of fused-ring (bicyclic) bond motifs is 1. The van der Waals surface area contributed by atoms with Crippen molar-refractivity contribution in [2.75, 3.05) is 26.2 Å². The van der Waals surface area contributed by atoms with Crippen LogP contribution in [0.2, 0.25) is 0 Å². The normalized spacial score (nSPS) is 25.6. The maximum atomic E-state index is 13.1. The van der Waals surface area contributed by atoms with Crippen molar-refractivity contribution in [3.63, 3.8) is 0 Å². The average molecular weight is 588 g/mol. The van der Waals surface area contributed by atoms with E-state index in [0.717, 1.165) is 11.1 Å². The van der Waals surface area contributed by atoms with Crippen LogP contribution in [0.4, 0.5) is 13.2 Å². The summed E-state index contributed by atoms with van der Waals surface area (Å²) in [5.41, 5.74) is 1.79. The fourth-order valence-electron chi connectivity index (χ4n) is 5.69. The number of β-amino-alcohol motifs (C(OH)–C–C–N with tert-alkyl or cyclic N) is 1. The Labute approximate surface area is 240 Å². The molecule has 1 amide bonds. The topological polar surface area (TPSA) is 124 Å². The van der Waals surface area contributed by atoms with Crippen molar-refractivity contribution in [1.29, 1.82) is 0 Å². The number of alkyl halides is 3. The molecule has 4 N–H and O–H groups in total. The first-order valence-corrected chi connectivity index (χ1v) is 13.6. The molecule has 1 unspecified atom stereocenters.